The lowest BCUT2D eigenvalue weighted by molar-refractivity contribution is 0.100. The van der Waals surface area contributed by atoms with Gasteiger partial charge in [-0.05, 0) is 17.7 Å². The first-order chi connectivity index (χ1) is 7.13. The number of benzene rings is 1. The Labute approximate surface area is 93.7 Å². The summed E-state index contributed by atoms with van der Waals surface area (Å²) < 4.78 is 0. The van der Waals surface area contributed by atoms with Crippen molar-refractivity contribution in [2.75, 3.05) is 6.61 Å². The molecule has 0 saturated heterocycles. The number of carbonyl (C=O) groups excluding carboxylic acids is 1. The third-order valence-electron chi connectivity index (χ3n) is 2.03. The van der Waals surface area contributed by atoms with E-state index in [4.69, 9.17) is 10.8 Å². The Morgan fingerprint density at radius 1 is 1.47 bits per heavy atom. The summed E-state index contributed by atoms with van der Waals surface area (Å²) in [7, 11) is 0. The van der Waals surface area contributed by atoms with E-state index in [1.165, 1.54) is 0 Å². The molecule has 0 saturated carbocycles. The highest BCUT2D eigenvalue weighted by atomic mass is 32.2. The van der Waals surface area contributed by atoms with Crippen LogP contribution in [0.4, 0.5) is 0 Å². The van der Waals surface area contributed by atoms with Gasteiger partial charge >= 0.3 is 0 Å². The van der Waals surface area contributed by atoms with Crippen LogP contribution < -0.4 is 5.73 Å². The molecule has 4 heteroatoms. The van der Waals surface area contributed by atoms with Crippen molar-refractivity contribution < 1.29 is 9.90 Å². The second-order valence-electron chi connectivity index (χ2n) is 3.37. The number of hydrogen-bond acceptors (Lipinski definition) is 3. The van der Waals surface area contributed by atoms with Gasteiger partial charge in [0.25, 0.3) is 0 Å². The monoisotopic (exact) mass is 225 g/mol. The molecule has 0 aliphatic carbocycles. The van der Waals surface area contributed by atoms with Crippen LogP contribution in [0.3, 0.4) is 0 Å². The van der Waals surface area contributed by atoms with E-state index < -0.39 is 5.91 Å². The number of rotatable bonds is 5. The first kappa shape index (κ1) is 12.1. The molecule has 1 aromatic rings. The zero-order valence-corrected chi connectivity index (χ0v) is 9.46. The maximum absolute atomic E-state index is 10.8. The Balaban J connectivity index is 2.53. The molecule has 0 bridgehead atoms. The van der Waals surface area contributed by atoms with Crippen LogP contribution in [-0.4, -0.2) is 22.9 Å². The smallest absolute Gasteiger partial charge is 0.248 e. The molecule has 82 valence electrons. The Morgan fingerprint density at radius 2 is 2.07 bits per heavy atom. The molecule has 1 aromatic carbocycles. The number of nitrogens with two attached hydrogens (primary N) is 1. The van der Waals surface area contributed by atoms with E-state index in [2.05, 4.69) is 0 Å². The summed E-state index contributed by atoms with van der Waals surface area (Å²) >= 11 is 1.68. The second kappa shape index (κ2) is 5.78. The van der Waals surface area contributed by atoms with Crippen LogP contribution in [0.5, 0.6) is 0 Å². The molecule has 0 aliphatic heterocycles. The lowest BCUT2D eigenvalue weighted by Crippen LogP contribution is -2.10. The predicted molar refractivity (Wildman–Crippen MR) is 62.8 cm³/mol. The first-order valence-corrected chi connectivity index (χ1v) is 5.79. The van der Waals surface area contributed by atoms with E-state index in [1.807, 2.05) is 19.1 Å². The lowest BCUT2D eigenvalue weighted by atomic mass is 10.1. The highest BCUT2D eigenvalue weighted by Crippen LogP contribution is 2.17. The Morgan fingerprint density at radius 3 is 2.53 bits per heavy atom. The van der Waals surface area contributed by atoms with Crippen LogP contribution in [0.15, 0.2) is 24.3 Å². The minimum Gasteiger partial charge on any atom is -0.395 e. The maximum atomic E-state index is 10.8. The zero-order valence-electron chi connectivity index (χ0n) is 8.64. The summed E-state index contributed by atoms with van der Waals surface area (Å²) in [6.45, 7) is 2.16. The minimum atomic E-state index is -0.405. The highest BCUT2D eigenvalue weighted by molar-refractivity contribution is 7.99. The van der Waals surface area contributed by atoms with E-state index >= 15 is 0 Å². The van der Waals surface area contributed by atoms with Gasteiger partial charge in [0.05, 0.1) is 6.61 Å². The highest BCUT2D eigenvalue weighted by Gasteiger charge is 2.02. The SMILES string of the molecule is CC(CO)SCc1ccc(C(N)=O)cc1. The molecular formula is C11H15NO2S. The van der Waals surface area contributed by atoms with Gasteiger partial charge in [-0.2, -0.15) is 11.8 Å². The quantitative estimate of drug-likeness (QED) is 0.796. The molecule has 15 heavy (non-hydrogen) atoms. The Kier molecular flexibility index (Phi) is 4.65. The minimum absolute atomic E-state index is 0.185. The van der Waals surface area contributed by atoms with E-state index in [9.17, 15) is 4.79 Å². The third kappa shape index (κ3) is 3.93. The molecule has 0 fully saturated rings. The van der Waals surface area contributed by atoms with E-state index in [1.54, 1.807) is 23.9 Å². The summed E-state index contributed by atoms with van der Waals surface area (Å²) in [5, 5.41) is 9.08. The number of carbonyl (C=O) groups is 1. The number of thioether (sulfide) groups is 1. The fourth-order valence-corrected chi connectivity index (χ4v) is 1.83. The average molecular weight is 225 g/mol. The first-order valence-electron chi connectivity index (χ1n) is 4.74. The maximum Gasteiger partial charge on any atom is 0.248 e. The summed E-state index contributed by atoms with van der Waals surface area (Å²) in [6, 6.07) is 7.22. The topological polar surface area (TPSA) is 63.3 Å². The molecule has 1 atom stereocenters. The van der Waals surface area contributed by atoms with Crippen LogP contribution >= 0.6 is 11.8 Å². The second-order valence-corrected chi connectivity index (χ2v) is 4.79. The molecular weight excluding hydrogens is 210 g/mol. The van der Waals surface area contributed by atoms with Crippen molar-refractivity contribution in [3.05, 3.63) is 35.4 Å². The van der Waals surface area contributed by atoms with Gasteiger partial charge < -0.3 is 10.8 Å². The van der Waals surface area contributed by atoms with Gasteiger partial charge in [0.15, 0.2) is 0 Å². The molecule has 0 aromatic heterocycles. The molecule has 3 N–H and O–H groups in total. The zero-order chi connectivity index (χ0) is 11.3. The van der Waals surface area contributed by atoms with Crippen molar-refractivity contribution in [2.45, 2.75) is 17.9 Å². The summed E-state index contributed by atoms with van der Waals surface area (Å²) in [4.78, 5) is 10.8. The molecule has 3 nitrogen and oxygen atoms in total. The van der Waals surface area contributed by atoms with Gasteiger partial charge in [-0.15, -0.1) is 0 Å². The third-order valence-corrected chi connectivity index (χ3v) is 3.25. The van der Waals surface area contributed by atoms with E-state index in [-0.39, 0.29) is 11.9 Å². The van der Waals surface area contributed by atoms with Crippen molar-refractivity contribution in [3.63, 3.8) is 0 Å². The number of amides is 1. The number of aliphatic hydroxyl groups is 1. The van der Waals surface area contributed by atoms with Crippen LogP contribution in [0.1, 0.15) is 22.8 Å². The van der Waals surface area contributed by atoms with Crippen LogP contribution in [0, 0.1) is 0 Å². The van der Waals surface area contributed by atoms with Crippen molar-refractivity contribution in [2.24, 2.45) is 5.73 Å². The molecule has 0 heterocycles. The van der Waals surface area contributed by atoms with Gasteiger partial charge in [0.2, 0.25) is 5.91 Å². The Hall–Kier alpha value is -1.00. The van der Waals surface area contributed by atoms with Crippen molar-refractivity contribution in [3.8, 4) is 0 Å². The largest absolute Gasteiger partial charge is 0.395 e. The number of hydrogen-bond donors (Lipinski definition) is 2. The number of aliphatic hydroxyl groups excluding tert-OH is 1. The molecule has 1 amide bonds. The van der Waals surface area contributed by atoms with Gasteiger partial charge in [0, 0.05) is 16.6 Å². The van der Waals surface area contributed by atoms with Crippen molar-refractivity contribution in [1.29, 1.82) is 0 Å². The lowest BCUT2D eigenvalue weighted by Gasteiger charge is -2.07. The molecule has 0 aliphatic rings. The van der Waals surface area contributed by atoms with E-state index in [0.717, 1.165) is 11.3 Å². The van der Waals surface area contributed by atoms with Gasteiger partial charge in [0.1, 0.15) is 0 Å². The molecule has 0 radical (unpaired) electrons. The van der Waals surface area contributed by atoms with Crippen LogP contribution in [0.25, 0.3) is 0 Å². The average Bonchev–Trinajstić information content (AvgIpc) is 2.26. The van der Waals surface area contributed by atoms with Crippen molar-refractivity contribution >= 4 is 17.7 Å². The van der Waals surface area contributed by atoms with Gasteiger partial charge in [-0.3, -0.25) is 4.79 Å². The fraction of sp³-hybridized carbons (Fsp3) is 0.364. The summed E-state index contributed by atoms with van der Waals surface area (Å²) in [6.07, 6.45) is 0. The van der Waals surface area contributed by atoms with Crippen LogP contribution in [0.2, 0.25) is 0 Å². The molecule has 1 unspecified atom stereocenters. The molecule has 0 spiro atoms. The fourth-order valence-electron chi connectivity index (χ4n) is 1.06. The van der Waals surface area contributed by atoms with Gasteiger partial charge in [-0.1, -0.05) is 19.1 Å². The standard InChI is InChI=1S/C11H15NO2S/c1-8(6-13)15-7-9-2-4-10(5-3-9)11(12)14/h2-5,8,13H,6-7H2,1H3,(H2,12,14). The Bertz CT molecular complexity index is 324. The van der Waals surface area contributed by atoms with Gasteiger partial charge in [-0.25, -0.2) is 0 Å². The number of primary amides is 1. The van der Waals surface area contributed by atoms with Crippen LogP contribution in [-0.2, 0) is 5.75 Å². The van der Waals surface area contributed by atoms with Crippen molar-refractivity contribution in [1.82, 2.24) is 0 Å². The predicted octanol–water partition coefficient (Wildman–Crippen LogP) is 1.40. The normalized spacial score (nSPS) is 12.4. The summed E-state index contributed by atoms with van der Waals surface area (Å²) in [5.74, 6) is 0.429. The van der Waals surface area contributed by atoms with E-state index in [0.29, 0.717) is 5.56 Å². The summed E-state index contributed by atoms with van der Waals surface area (Å²) in [5.41, 5.74) is 6.79. The molecule has 1 rings (SSSR count).